The second kappa shape index (κ2) is 6.67. The molecule has 0 spiro atoms. The molecule has 1 amide bonds. The van der Waals surface area contributed by atoms with Gasteiger partial charge in [0.25, 0.3) is 0 Å². The van der Waals surface area contributed by atoms with Gasteiger partial charge in [0.15, 0.2) is 11.5 Å². The molecule has 4 rings (SSSR count). The molecule has 5 nitrogen and oxygen atoms in total. The van der Waals surface area contributed by atoms with Crippen molar-refractivity contribution in [2.45, 2.75) is 32.1 Å². The van der Waals surface area contributed by atoms with E-state index >= 15 is 0 Å². The third-order valence-electron chi connectivity index (χ3n) is 4.76. The van der Waals surface area contributed by atoms with Gasteiger partial charge in [0.05, 0.1) is 12.3 Å². The second-order valence-electron chi connectivity index (χ2n) is 6.68. The largest absolute Gasteiger partial charge is 0.440 e. The summed E-state index contributed by atoms with van der Waals surface area (Å²) in [4.78, 5) is 23.5. The zero-order valence-electron chi connectivity index (χ0n) is 14.3. The molecule has 5 heteroatoms. The molecule has 0 bridgehead atoms. The molecule has 2 aromatic heterocycles. The van der Waals surface area contributed by atoms with Crippen LogP contribution in [0.1, 0.15) is 35.9 Å². The Hall–Kier alpha value is -2.69. The number of aromatic nitrogens is 2. The first kappa shape index (κ1) is 15.8. The lowest BCUT2D eigenvalue weighted by molar-refractivity contribution is -0.131. The van der Waals surface area contributed by atoms with E-state index in [0.717, 1.165) is 47.6 Å². The van der Waals surface area contributed by atoms with Gasteiger partial charge in [-0.1, -0.05) is 18.2 Å². The standard InChI is InChI=1S/C20H21N3O2/c1-14-8-9-15(12-21-14)11-19(24)23-10-4-5-16(13-23)20-22-17-6-2-3-7-18(17)25-20/h2-3,6-9,12,16H,4-5,10-11,13H2,1H3. The molecule has 1 aliphatic heterocycles. The number of nitrogens with zero attached hydrogens (tertiary/aromatic N) is 3. The Morgan fingerprint density at radius 1 is 1.28 bits per heavy atom. The van der Waals surface area contributed by atoms with Crippen LogP contribution in [0.2, 0.25) is 0 Å². The molecular weight excluding hydrogens is 314 g/mol. The predicted molar refractivity (Wildman–Crippen MR) is 95.2 cm³/mol. The van der Waals surface area contributed by atoms with E-state index in [1.54, 1.807) is 6.20 Å². The lowest BCUT2D eigenvalue weighted by Gasteiger charge is -2.31. The molecule has 0 saturated carbocycles. The van der Waals surface area contributed by atoms with Crippen molar-refractivity contribution in [2.75, 3.05) is 13.1 Å². The SMILES string of the molecule is Cc1ccc(CC(=O)N2CCCC(c3nc4ccccc4o3)C2)cn1. The molecule has 1 atom stereocenters. The number of likely N-dealkylation sites (tertiary alicyclic amines) is 1. The van der Waals surface area contributed by atoms with Gasteiger partial charge in [-0.2, -0.15) is 0 Å². The summed E-state index contributed by atoms with van der Waals surface area (Å²) < 4.78 is 5.91. The molecule has 0 N–H and O–H groups in total. The lowest BCUT2D eigenvalue weighted by atomic mass is 9.97. The van der Waals surface area contributed by atoms with Crippen molar-refractivity contribution in [3.63, 3.8) is 0 Å². The first-order valence-electron chi connectivity index (χ1n) is 8.74. The summed E-state index contributed by atoms with van der Waals surface area (Å²) in [6, 6.07) is 11.7. The summed E-state index contributed by atoms with van der Waals surface area (Å²) >= 11 is 0. The Bertz CT molecular complexity index is 852. The fourth-order valence-electron chi connectivity index (χ4n) is 3.36. The number of aryl methyl sites for hydroxylation is 1. The zero-order valence-corrected chi connectivity index (χ0v) is 14.3. The maximum atomic E-state index is 12.6. The Kier molecular flexibility index (Phi) is 4.22. The number of carbonyl (C=O) groups is 1. The molecule has 1 unspecified atom stereocenters. The number of pyridine rings is 1. The van der Waals surface area contributed by atoms with E-state index in [1.165, 1.54) is 0 Å². The molecule has 0 aliphatic carbocycles. The molecule has 0 radical (unpaired) electrons. The average molecular weight is 335 g/mol. The molecule has 1 aromatic carbocycles. The lowest BCUT2D eigenvalue weighted by Crippen LogP contribution is -2.40. The monoisotopic (exact) mass is 335 g/mol. The van der Waals surface area contributed by atoms with Crippen molar-refractivity contribution in [3.8, 4) is 0 Å². The number of para-hydroxylation sites is 2. The summed E-state index contributed by atoms with van der Waals surface area (Å²) in [6.45, 7) is 3.42. The Morgan fingerprint density at radius 3 is 2.96 bits per heavy atom. The van der Waals surface area contributed by atoms with Gasteiger partial charge in [0.1, 0.15) is 5.52 Å². The minimum Gasteiger partial charge on any atom is -0.440 e. The van der Waals surface area contributed by atoms with Crippen molar-refractivity contribution >= 4 is 17.0 Å². The number of hydrogen-bond donors (Lipinski definition) is 0. The molecule has 25 heavy (non-hydrogen) atoms. The second-order valence-corrected chi connectivity index (χ2v) is 6.68. The smallest absolute Gasteiger partial charge is 0.227 e. The highest BCUT2D eigenvalue weighted by Gasteiger charge is 2.28. The molecule has 1 aliphatic rings. The highest BCUT2D eigenvalue weighted by Crippen LogP contribution is 2.29. The normalized spacial score (nSPS) is 17.8. The molecule has 1 fully saturated rings. The number of hydrogen-bond acceptors (Lipinski definition) is 4. The van der Waals surface area contributed by atoms with Crippen molar-refractivity contribution in [1.29, 1.82) is 0 Å². The number of benzene rings is 1. The van der Waals surface area contributed by atoms with Gasteiger partial charge in [-0.05, 0) is 43.5 Å². The van der Waals surface area contributed by atoms with Crippen LogP contribution in [0.25, 0.3) is 11.1 Å². The van der Waals surface area contributed by atoms with E-state index in [2.05, 4.69) is 9.97 Å². The van der Waals surface area contributed by atoms with Gasteiger partial charge in [0.2, 0.25) is 5.91 Å². The van der Waals surface area contributed by atoms with E-state index in [4.69, 9.17) is 4.42 Å². The molecule has 3 aromatic rings. The van der Waals surface area contributed by atoms with Crippen LogP contribution in [-0.4, -0.2) is 33.9 Å². The molecule has 1 saturated heterocycles. The van der Waals surface area contributed by atoms with E-state index in [1.807, 2.05) is 48.2 Å². The minimum atomic E-state index is 0.145. The summed E-state index contributed by atoms with van der Waals surface area (Å²) in [7, 11) is 0. The summed E-state index contributed by atoms with van der Waals surface area (Å²) in [5.74, 6) is 1.06. The highest BCUT2D eigenvalue weighted by molar-refractivity contribution is 5.79. The van der Waals surface area contributed by atoms with Gasteiger partial charge in [-0.15, -0.1) is 0 Å². The predicted octanol–water partition coefficient (Wildman–Crippen LogP) is 3.48. The van der Waals surface area contributed by atoms with Gasteiger partial charge in [-0.3, -0.25) is 9.78 Å². The van der Waals surface area contributed by atoms with Crippen LogP contribution in [0, 0.1) is 6.92 Å². The van der Waals surface area contributed by atoms with Crippen LogP contribution in [0.15, 0.2) is 47.0 Å². The quantitative estimate of drug-likeness (QED) is 0.735. The number of rotatable bonds is 3. The summed E-state index contributed by atoms with van der Waals surface area (Å²) in [5, 5.41) is 0. The minimum absolute atomic E-state index is 0.145. The average Bonchev–Trinajstić information content (AvgIpc) is 3.08. The fourth-order valence-corrected chi connectivity index (χ4v) is 3.36. The molecular formula is C20H21N3O2. The van der Waals surface area contributed by atoms with E-state index in [-0.39, 0.29) is 11.8 Å². The Balaban J connectivity index is 1.46. The number of carbonyl (C=O) groups excluding carboxylic acids is 1. The number of piperidine rings is 1. The van der Waals surface area contributed by atoms with Crippen LogP contribution < -0.4 is 0 Å². The third-order valence-corrected chi connectivity index (χ3v) is 4.76. The fraction of sp³-hybridized carbons (Fsp3) is 0.350. The molecule has 128 valence electrons. The Morgan fingerprint density at radius 2 is 2.16 bits per heavy atom. The van der Waals surface area contributed by atoms with Crippen molar-refractivity contribution in [1.82, 2.24) is 14.9 Å². The third kappa shape index (κ3) is 3.40. The van der Waals surface area contributed by atoms with Crippen LogP contribution in [0.5, 0.6) is 0 Å². The van der Waals surface area contributed by atoms with Gasteiger partial charge < -0.3 is 9.32 Å². The van der Waals surface area contributed by atoms with E-state index in [0.29, 0.717) is 13.0 Å². The Labute approximate surface area is 146 Å². The maximum Gasteiger partial charge on any atom is 0.227 e. The van der Waals surface area contributed by atoms with E-state index < -0.39 is 0 Å². The van der Waals surface area contributed by atoms with Gasteiger partial charge in [-0.25, -0.2) is 4.98 Å². The zero-order chi connectivity index (χ0) is 17.2. The van der Waals surface area contributed by atoms with Crippen LogP contribution >= 0.6 is 0 Å². The van der Waals surface area contributed by atoms with Crippen LogP contribution in [0.3, 0.4) is 0 Å². The first-order chi connectivity index (χ1) is 12.2. The number of oxazole rings is 1. The van der Waals surface area contributed by atoms with Crippen molar-refractivity contribution in [2.24, 2.45) is 0 Å². The van der Waals surface area contributed by atoms with Gasteiger partial charge in [0, 0.05) is 25.0 Å². The maximum absolute atomic E-state index is 12.6. The summed E-state index contributed by atoms with van der Waals surface area (Å²) in [6.07, 6.45) is 4.16. The number of amides is 1. The highest BCUT2D eigenvalue weighted by atomic mass is 16.3. The molecule has 3 heterocycles. The van der Waals surface area contributed by atoms with Crippen LogP contribution in [-0.2, 0) is 11.2 Å². The number of fused-ring (bicyclic) bond motifs is 1. The topological polar surface area (TPSA) is 59.2 Å². The van der Waals surface area contributed by atoms with Crippen LogP contribution in [0.4, 0.5) is 0 Å². The van der Waals surface area contributed by atoms with Gasteiger partial charge >= 0.3 is 0 Å². The summed E-state index contributed by atoms with van der Waals surface area (Å²) in [5.41, 5.74) is 3.61. The first-order valence-corrected chi connectivity index (χ1v) is 8.74. The van der Waals surface area contributed by atoms with Crippen molar-refractivity contribution < 1.29 is 9.21 Å². The van der Waals surface area contributed by atoms with Crippen molar-refractivity contribution in [3.05, 3.63) is 59.7 Å². The van der Waals surface area contributed by atoms with E-state index in [9.17, 15) is 4.79 Å².